The summed E-state index contributed by atoms with van der Waals surface area (Å²) >= 11 is 0. The first kappa shape index (κ1) is 13.5. The molecule has 18 heavy (non-hydrogen) atoms. The molecule has 1 N–H and O–H groups in total. The minimum atomic E-state index is 0.164. The van der Waals surface area contributed by atoms with E-state index in [-0.39, 0.29) is 23.7 Å². The van der Waals surface area contributed by atoms with Crippen LogP contribution >= 0.6 is 0 Å². The second-order valence-electron chi connectivity index (χ2n) is 5.74. The number of amides is 1. The van der Waals surface area contributed by atoms with Crippen LogP contribution in [0.1, 0.15) is 39.5 Å². The molecule has 2 aliphatic rings. The third-order valence-corrected chi connectivity index (χ3v) is 4.42. The average Bonchev–Trinajstić information content (AvgIpc) is 2.38. The fraction of sp³-hybridized carbons (Fsp3) is 0.857. The highest BCUT2D eigenvalue weighted by atomic mass is 16.2. The van der Waals surface area contributed by atoms with Gasteiger partial charge in [0.15, 0.2) is 0 Å². The molecule has 0 spiro atoms. The maximum atomic E-state index is 12.5. The van der Waals surface area contributed by atoms with Crippen LogP contribution < -0.4 is 5.32 Å². The molecule has 0 radical (unpaired) electrons. The molecule has 102 valence electrons. The van der Waals surface area contributed by atoms with Crippen LogP contribution in [-0.2, 0) is 9.59 Å². The van der Waals surface area contributed by atoms with Gasteiger partial charge in [-0.2, -0.15) is 0 Å². The monoisotopic (exact) mass is 252 g/mol. The van der Waals surface area contributed by atoms with Crippen molar-refractivity contribution in [3.63, 3.8) is 0 Å². The summed E-state index contributed by atoms with van der Waals surface area (Å²) in [6, 6.07) is 0.218. The van der Waals surface area contributed by atoms with E-state index in [1.807, 2.05) is 4.90 Å². The molecule has 1 amide bonds. The van der Waals surface area contributed by atoms with Crippen LogP contribution in [-0.4, -0.2) is 42.3 Å². The topological polar surface area (TPSA) is 49.4 Å². The lowest BCUT2D eigenvalue weighted by Crippen LogP contribution is -2.49. The SMILES string of the molecule is CC(=O)C1CCN(C(=O)C2CCNCC2)C(C)C1. The van der Waals surface area contributed by atoms with Crippen LogP contribution in [0.3, 0.4) is 0 Å². The Morgan fingerprint density at radius 3 is 2.33 bits per heavy atom. The van der Waals surface area contributed by atoms with E-state index in [1.54, 1.807) is 6.92 Å². The van der Waals surface area contributed by atoms with Crippen LogP contribution in [0.4, 0.5) is 0 Å². The smallest absolute Gasteiger partial charge is 0.226 e. The molecule has 2 fully saturated rings. The van der Waals surface area contributed by atoms with Crippen molar-refractivity contribution in [2.24, 2.45) is 11.8 Å². The van der Waals surface area contributed by atoms with Crippen LogP contribution in [0.15, 0.2) is 0 Å². The number of piperidine rings is 2. The first-order chi connectivity index (χ1) is 8.59. The number of nitrogens with one attached hydrogen (secondary N) is 1. The summed E-state index contributed by atoms with van der Waals surface area (Å²) in [4.78, 5) is 25.9. The second kappa shape index (κ2) is 5.83. The standard InChI is InChI=1S/C14H24N2O2/c1-10-9-13(11(2)17)5-8-16(10)14(18)12-3-6-15-7-4-12/h10,12-13,15H,3-9H2,1-2H3. The molecule has 0 aromatic heterocycles. The number of nitrogens with zero attached hydrogens (tertiary/aromatic N) is 1. The maximum absolute atomic E-state index is 12.5. The molecule has 0 saturated carbocycles. The zero-order chi connectivity index (χ0) is 13.1. The summed E-state index contributed by atoms with van der Waals surface area (Å²) < 4.78 is 0. The van der Waals surface area contributed by atoms with Crippen LogP contribution in [0.5, 0.6) is 0 Å². The number of hydrogen-bond donors (Lipinski definition) is 1. The molecule has 0 aromatic carbocycles. The molecule has 2 atom stereocenters. The number of rotatable bonds is 2. The Morgan fingerprint density at radius 2 is 1.78 bits per heavy atom. The van der Waals surface area contributed by atoms with Crippen molar-refractivity contribution in [2.75, 3.05) is 19.6 Å². The first-order valence-corrected chi connectivity index (χ1v) is 7.11. The van der Waals surface area contributed by atoms with E-state index in [2.05, 4.69) is 12.2 Å². The van der Waals surface area contributed by atoms with E-state index in [9.17, 15) is 9.59 Å². The predicted octanol–water partition coefficient (Wildman–Crippen LogP) is 1.20. The highest BCUT2D eigenvalue weighted by molar-refractivity contribution is 5.81. The predicted molar refractivity (Wildman–Crippen MR) is 70.2 cm³/mol. The van der Waals surface area contributed by atoms with E-state index in [0.29, 0.717) is 5.91 Å². The molecule has 2 heterocycles. The summed E-state index contributed by atoms with van der Waals surface area (Å²) in [5.41, 5.74) is 0. The summed E-state index contributed by atoms with van der Waals surface area (Å²) in [7, 11) is 0. The lowest BCUT2D eigenvalue weighted by molar-refractivity contribution is -0.142. The van der Waals surface area contributed by atoms with Crippen molar-refractivity contribution in [1.82, 2.24) is 10.2 Å². The minimum Gasteiger partial charge on any atom is -0.340 e. The molecule has 0 bridgehead atoms. The van der Waals surface area contributed by atoms with Gasteiger partial charge in [-0.05, 0) is 52.6 Å². The molecule has 4 heteroatoms. The number of carbonyl (C=O) groups is 2. The summed E-state index contributed by atoms with van der Waals surface area (Å²) in [6.07, 6.45) is 3.60. The van der Waals surface area contributed by atoms with Crippen LogP contribution in [0.25, 0.3) is 0 Å². The number of likely N-dealkylation sites (tertiary alicyclic amines) is 1. The van der Waals surface area contributed by atoms with Gasteiger partial charge in [-0.25, -0.2) is 0 Å². The highest BCUT2D eigenvalue weighted by Crippen LogP contribution is 2.26. The van der Waals surface area contributed by atoms with E-state index in [0.717, 1.165) is 45.3 Å². The van der Waals surface area contributed by atoms with Crippen LogP contribution in [0.2, 0.25) is 0 Å². The quantitative estimate of drug-likeness (QED) is 0.803. The fourth-order valence-electron chi connectivity index (χ4n) is 3.17. The molecule has 2 rings (SSSR count). The second-order valence-corrected chi connectivity index (χ2v) is 5.74. The molecule has 0 aliphatic carbocycles. The van der Waals surface area contributed by atoms with Gasteiger partial charge in [-0.3, -0.25) is 9.59 Å². The molecule has 2 saturated heterocycles. The lowest BCUT2D eigenvalue weighted by atomic mass is 9.87. The van der Waals surface area contributed by atoms with Gasteiger partial charge >= 0.3 is 0 Å². The number of Topliss-reactive ketones (excluding diaryl/α,β-unsaturated/α-hetero) is 1. The van der Waals surface area contributed by atoms with Crippen molar-refractivity contribution >= 4 is 11.7 Å². The van der Waals surface area contributed by atoms with Gasteiger partial charge < -0.3 is 10.2 Å². The van der Waals surface area contributed by atoms with E-state index in [1.165, 1.54) is 0 Å². The first-order valence-electron chi connectivity index (χ1n) is 7.11. The third kappa shape index (κ3) is 2.91. The van der Waals surface area contributed by atoms with Crippen molar-refractivity contribution in [2.45, 2.75) is 45.6 Å². The lowest BCUT2D eigenvalue weighted by Gasteiger charge is -2.39. The van der Waals surface area contributed by atoms with Crippen molar-refractivity contribution in [1.29, 1.82) is 0 Å². The largest absolute Gasteiger partial charge is 0.340 e. The van der Waals surface area contributed by atoms with Crippen LogP contribution in [0, 0.1) is 11.8 Å². The highest BCUT2D eigenvalue weighted by Gasteiger charge is 2.34. The van der Waals surface area contributed by atoms with Crippen molar-refractivity contribution < 1.29 is 9.59 Å². The van der Waals surface area contributed by atoms with E-state index in [4.69, 9.17) is 0 Å². The Labute approximate surface area is 109 Å². The molecular weight excluding hydrogens is 228 g/mol. The number of ketones is 1. The number of carbonyl (C=O) groups excluding carboxylic acids is 2. The Hall–Kier alpha value is -0.900. The van der Waals surface area contributed by atoms with Gasteiger partial charge in [0.1, 0.15) is 5.78 Å². The molecule has 2 aliphatic heterocycles. The van der Waals surface area contributed by atoms with Gasteiger partial charge in [0, 0.05) is 24.4 Å². The Bertz CT molecular complexity index is 324. The van der Waals surface area contributed by atoms with Crippen molar-refractivity contribution in [3.05, 3.63) is 0 Å². The van der Waals surface area contributed by atoms with E-state index >= 15 is 0 Å². The van der Waals surface area contributed by atoms with Crippen molar-refractivity contribution in [3.8, 4) is 0 Å². The molecule has 2 unspecified atom stereocenters. The summed E-state index contributed by atoms with van der Waals surface area (Å²) in [5.74, 6) is 0.946. The minimum absolute atomic E-state index is 0.164. The molecular formula is C14H24N2O2. The number of hydrogen-bond acceptors (Lipinski definition) is 3. The molecule has 0 aromatic rings. The fourth-order valence-corrected chi connectivity index (χ4v) is 3.17. The molecule has 4 nitrogen and oxygen atoms in total. The maximum Gasteiger partial charge on any atom is 0.226 e. The van der Waals surface area contributed by atoms with Gasteiger partial charge in [-0.15, -0.1) is 0 Å². The Kier molecular flexibility index (Phi) is 4.38. The van der Waals surface area contributed by atoms with Gasteiger partial charge in [-0.1, -0.05) is 0 Å². The Morgan fingerprint density at radius 1 is 1.11 bits per heavy atom. The zero-order valence-electron chi connectivity index (χ0n) is 11.4. The average molecular weight is 252 g/mol. The van der Waals surface area contributed by atoms with E-state index < -0.39 is 0 Å². The summed E-state index contributed by atoms with van der Waals surface area (Å²) in [6.45, 7) is 6.41. The normalized spacial score (nSPS) is 30.2. The summed E-state index contributed by atoms with van der Waals surface area (Å²) in [5, 5.41) is 3.29. The zero-order valence-corrected chi connectivity index (χ0v) is 11.4. The van der Waals surface area contributed by atoms with Gasteiger partial charge in [0.25, 0.3) is 0 Å². The van der Waals surface area contributed by atoms with Gasteiger partial charge in [0.05, 0.1) is 0 Å². The van der Waals surface area contributed by atoms with Gasteiger partial charge in [0.2, 0.25) is 5.91 Å². The Balaban J connectivity index is 1.93. The third-order valence-electron chi connectivity index (χ3n) is 4.42.